The molecule has 7 atom stereocenters. The zero-order valence-electron chi connectivity index (χ0n) is 14.4. The SMILES string of the molecule is CC12CC[C@H](O)CC1=CC[C@@H]1[C@@H]2CCC2(C)[C@H]1CC[C@]2(C)O. The summed E-state index contributed by atoms with van der Waals surface area (Å²) in [6.07, 6.45) is 11.2. The van der Waals surface area contributed by atoms with Crippen LogP contribution in [0, 0.1) is 28.6 Å². The van der Waals surface area contributed by atoms with Gasteiger partial charge in [0.1, 0.15) is 0 Å². The van der Waals surface area contributed by atoms with Gasteiger partial charge in [-0.15, -0.1) is 0 Å². The number of hydrogen-bond donors (Lipinski definition) is 2. The maximum Gasteiger partial charge on any atom is 0.0675 e. The number of aliphatic hydroxyl groups excluding tert-OH is 1. The van der Waals surface area contributed by atoms with E-state index in [1.54, 1.807) is 5.57 Å². The zero-order chi connectivity index (χ0) is 15.8. The second-order valence-electron chi connectivity index (χ2n) is 9.42. The number of rotatable bonds is 0. The van der Waals surface area contributed by atoms with Gasteiger partial charge in [0.15, 0.2) is 0 Å². The van der Waals surface area contributed by atoms with Crippen molar-refractivity contribution in [2.24, 2.45) is 28.6 Å². The van der Waals surface area contributed by atoms with E-state index < -0.39 is 5.60 Å². The fourth-order valence-electron chi connectivity index (χ4n) is 6.89. The van der Waals surface area contributed by atoms with Gasteiger partial charge < -0.3 is 10.2 Å². The maximum atomic E-state index is 10.9. The molecule has 2 heteroatoms. The highest BCUT2D eigenvalue weighted by Gasteiger charge is 2.61. The molecule has 0 aliphatic heterocycles. The summed E-state index contributed by atoms with van der Waals surface area (Å²) in [5, 5.41) is 21.0. The molecule has 3 fully saturated rings. The second-order valence-corrected chi connectivity index (χ2v) is 9.42. The Labute approximate surface area is 135 Å². The van der Waals surface area contributed by atoms with E-state index in [0.717, 1.165) is 37.5 Å². The van der Waals surface area contributed by atoms with Crippen molar-refractivity contribution in [1.82, 2.24) is 0 Å². The third-order valence-corrected chi connectivity index (χ3v) is 8.64. The molecule has 4 rings (SSSR count). The Morgan fingerprint density at radius 3 is 2.50 bits per heavy atom. The highest BCUT2D eigenvalue weighted by Crippen LogP contribution is 2.66. The highest BCUT2D eigenvalue weighted by atomic mass is 16.3. The average Bonchev–Trinajstić information content (AvgIpc) is 2.70. The van der Waals surface area contributed by atoms with E-state index in [9.17, 15) is 10.2 Å². The van der Waals surface area contributed by atoms with E-state index >= 15 is 0 Å². The Hall–Kier alpha value is -0.340. The van der Waals surface area contributed by atoms with Crippen molar-refractivity contribution in [2.75, 3.05) is 0 Å². The number of aliphatic hydroxyl groups is 2. The Morgan fingerprint density at radius 2 is 1.73 bits per heavy atom. The number of fused-ring (bicyclic) bond motifs is 5. The van der Waals surface area contributed by atoms with Crippen LogP contribution in [0.5, 0.6) is 0 Å². The van der Waals surface area contributed by atoms with Crippen molar-refractivity contribution < 1.29 is 10.2 Å². The minimum Gasteiger partial charge on any atom is -0.393 e. The lowest BCUT2D eigenvalue weighted by Crippen LogP contribution is -2.53. The van der Waals surface area contributed by atoms with E-state index in [0.29, 0.717) is 11.3 Å². The van der Waals surface area contributed by atoms with Crippen molar-refractivity contribution >= 4 is 0 Å². The normalized spacial score (nSPS) is 57.6. The van der Waals surface area contributed by atoms with Gasteiger partial charge in [0.2, 0.25) is 0 Å². The van der Waals surface area contributed by atoms with Gasteiger partial charge in [0.25, 0.3) is 0 Å². The van der Waals surface area contributed by atoms with Crippen LogP contribution >= 0.6 is 0 Å². The monoisotopic (exact) mass is 304 g/mol. The Morgan fingerprint density at radius 1 is 1.00 bits per heavy atom. The molecule has 0 aromatic heterocycles. The van der Waals surface area contributed by atoms with Crippen LogP contribution in [0.25, 0.3) is 0 Å². The Kier molecular flexibility index (Phi) is 3.18. The summed E-state index contributed by atoms with van der Waals surface area (Å²) in [5.41, 5.74) is 1.50. The molecule has 3 saturated carbocycles. The van der Waals surface area contributed by atoms with Crippen LogP contribution in [-0.4, -0.2) is 21.9 Å². The summed E-state index contributed by atoms with van der Waals surface area (Å²) in [6.45, 7) is 6.90. The van der Waals surface area contributed by atoms with Crippen LogP contribution in [0.4, 0.5) is 0 Å². The average molecular weight is 304 g/mol. The Bertz CT molecular complexity index is 508. The van der Waals surface area contributed by atoms with Gasteiger partial charge in [-0.1, -0.05) is 25.5 Å². The summed E-state index contributed by atoms with van der Waals surface area (Å²) in [4.78, 5) is 0. The maximum absolute atomic E-state index is 10.9. The number of allylic oxidation sites excluding steroid dienone is 1. The molecule has 0 amide bonds. The summed E-state index contributed by atoms with van der Waals surface area (Å²) >= 11 is 0. The van der Waals surface area contributed by atoms with Gasteiger partial charge >= 0.3 is 0 Å². The molecule has 2 unspecified atom stereocenters. The molecule has 0 bridgehead atoms. The first-order valence-electron chi connectivity index (χ1n) is 9.38. The van der Waals surface area contributed by atoms with Crippen LogP contribution in [0.15, 0.2) is 11.6 Å². The lowest BCUT2D eigenvalue weighted by Gasteiger charge is -2.58. The van der Waals surface area contributed by atoms with E-state index in [1.165, 1.54) is 25.7 Å². The minimum absolute atomic E-state index is 0.114. The first-order chi connectivity index (χ1) is 10.3. The zero-order valence-corrected chi connectivity index (χ0v) is 14.4. The smallest absolute Gasteiger partial charge is 0.0675 e. The lowest BCUT2D eigenvalue weighted by molar-refractivity contribution is -0.115. The van der Waals surface area contributed by atoms with Crippen LogP contribution in [0.1, 0.15) is 72.1 Å². The third kappa shape index (κ3) is 1.80. The fraction of sp³-hybridized carbons (Fsp3) is 0.900. The molecule has 124 valence electrons. The molecule has 0 radical (unpaired) electrons. The molecule has 0 aromatic rings. The predicted molar refractivity (Wildman–Crippen MR) is 88.3 cm³/mol. The van der Waals surface area contributed by atoms with Crippen LogP contribution < -0.4 is 0 Å². The number of hydrogen-bond acceptors (Lipinski definition) is 2. The standard InChI is InChI=1S/C20H32O2/c1-18-9-6-14(21)12-13(18)4-5-15-16(18)7-10-19(2)17(15)8-11-20(19,3)22/h4,14-17,21-22H,5-12H2,1-3H3/t14-,15+,16-,17-,18?,19?,20-/m0/s1. The third-order valence-electron chi connectivity index (χ3n) is 8.64. The molecule has 0 aromatic carbocycles. The van der Waals surface area contributed by atoms with E-state index in [1.807, 2.05) is 0 Å². The molecule has 22 heavy (non-hydrogen) atoms. The molecule has 4 aliphatic rings. The van der Waals surface area contributed by atoms with Crippen molar-refractivity contribution in [3.8, 4) is 0 Å². The quantitative estimate of drug-likeness (QED) is 0.663. The fourth-order valence-corrected chi connectivity index (χ4v) is 6.89. The van der Waals surface area contributed by atoms with E-state index in [2.05, 4.69) is 26.8 Å². The van der Waals surface area contributed by atoms with Crippen molar-refractivity contribution in [2.45, 2.75) is 83.8 Å². The molecular formula is C20H32O2. The summed E-state index contributed by atoms with van der Waals surface area (Å²) in [7, 11) is 0. The van der Waals surface area contributed by atoms with Gasteiger partial charge in [-0.05, 0) is 86.9 Å². The predicted octanol–water partition coefficient (Wildman–Crippen LogP) is 4.06. The van der Waals surface area contributed by atoms with Gasteiger partial charge in [-0.3, -0.25) is 0 Å². The van der Waals surface area contributed by atoms with Crippen molar-refractivity contribution in [3.05, 3.63) is 11.6 Å². The van der Waals surface area contributed by atoms with Crippen molar-refractivity contribution in [1.29, 1.82) is 0 Å². The largest absolute Gasteiger partial charge is 0.393 e. The van der Waals surface area contributed by atoms with Gasteiger partial charge in [-0.25, -0.2) is 0 Å². The second kappa shape index (κ2) is 4.60. The van der Waals surface area contributed by atoms with Gasteiger partial charge in [-0.2, -0.15) is 0 Å². The molecule has 4 aliphatic carbocycles. The Balaban J connectivity index is 1.69. The van der Waals surface area contributed by atoms with Gasteiger partial charge in [0, 0.05) is 0 Å². The van der Waals surface area contributed by atoms with Crippen molar-refractivity contribution in [3.63, 3.8) is 0 Å². The molecule has 2 nitrogen and oxygen atoms in total. The first-order valence-corrected chi connectivity index (χ1v) is 9.38. The highest BCUT2D eigenvalue weighted by molar-refractivity contribution is 5.26. The summed E-state index contributed by atoms with van der Waals surface area (Å²) in [5.74, 6) is 2.20. The summed E-state index contributed by atoms with van der Waals surface area (Å²) in [6, 6.07) is 0. The van der Waals surface area contributed by atoms with Gasteiger partial charge in [0.05, 0.1) is 11.7 Å². The molecule has 2 N–H and O–H groups in total. The van der Waals surface area contributed by atoms with E-state index in [4.69, 9.17) is 0 Å². The van der Waals surface area contributed by atoms with Crippen LogP contribution in [0.2, 0.25) is 0 Å². The minimum atomic E-state index is -0.476. The molecule has 0 saturated heterocycles. The topological polar surface area (TPSA) is 40.5 Å². The molecule has 0 heterocycles. The van der Waals surface area contributed by atoms with Crippen LogP contribution in [0.3, 0.4) is 0 Å². The molecule has 0 spiro atoms. The first kappa shape index (κ1) is 15.2. The molecular weight excluding hydrogens is 272 g/mol. The van der Waals surface area contributed by atoms with E-state index in [-0.39, 0.29) is 11.5 Å². The summed E-state index contributed by atoms with van der Waals surface area (Å²) < 4.78 is 0. The van der Waals surface area contributed by atoms with Crippen LogP contribution in [-0.2, 0) is 0 Å². The lowest BCUT2D eigenvalue weighted by atomic mass is 9.47.